The predicted molar refractivity (Wildman–Crippen MR) is 82.0 cm³/mol. The summed E-state index contributed by atoms with van der Waals surface area (Å²) in [4.78, 5) is 13.4. The van der Waals surface area contributed by atoms with E-state index in [4.69, 9.17) is 4.99 Å². The minimum atomic E-state index is 0.969. The summed E-state index contributed by atoms with van der Waals surface area (Å²) in [6, 6.07) is 3.98. The third kappa shape index (κ3) is 2.46. The summed E-state index contributed by atoms with van der Waals surface area (Å²) in [7, 11) is 2.04. The van der Waals surface area contributed by atoms with Crippen molar-refractivity contribution in [2.45, 2.75) is 19.3 Å². The second kappa shape index (κ2) is 5.49. The third-order valence-electron chi connectivity index (χ3n) is 3.87. The number of aliphatic imine (C=N–C) groups is 1. The molecule has 0 radical (unpaired) electrons. The average Bonchev–Trinajstić information content (AvgIpc) is 2.51. The van der Waals surface area contributed by atoms with Crippen molar-refractivity contribution >= 4 is 11.7 Å². The first-order valence-corrected chi connectivity index (χ1v) is 7.14. The fourth-order valence-corrected chi connectivity index (χ4v) is 2.65. The molecule has 0 N–H and O–H groups in total. The topological polar surface area (TPSA) is 31.7 Å². The van der Waals surface area contributed by atoms with Crippen LogP contribution in [0, 0.1) is 0 Å². The zero-order chi connectivity index (χ0) is 13.9. The molecule has 2 aliphatic rings. The van der Waals surface area contributed by atoms with Crippen LogP contribution in [0.2, 0.25) is 0 Å². The number of likely N-dealkylation sites (N-methyl/N-ethyl adjacent to an activating group) is 1. The van der Waals surface area contributed by atoms with Gasteiger partial charge in [-0.3, -0.25) is 4.98 Å². The number of pyridine rings is 1. The molecular weight excluding hydrogens is 248 g/mol. The molecule has 20 heavy (non-hydrogen) atoms. The molecule has 4 nitrogen and oxygen atoms in total. The zero-order valence-corrected chi connectivity index (χ0v) is 11.9. The van der Waals surface area contributed by atoms with Crippen LogP contribution >= 0.6 is 0 Å². The van der Waals surface area contributed by atoms with Crippen LogP contribution in [0.25, 0.3) is 5.70 Å². The van der Waals surface area contributed by atoms with Gasteiger partial charge in [0.2, 0.25) is 5.96 Å². The Bertz CT molecular complexity index is 553. The van der Waals surface area contributed by atoms with Crippen LogP contribution in [0.15, 0.2) is 47.9 Å². The summed E-state index contributed by atoms with van der Waals surface area (Å²) in [6.07, 6.45) is 9.44. The van der Waals surface area contributed by atoms with Crippen molar-refractivity contribution in [2.75, 3.05) is 20.1 Å². The standard InChI is InChI=1S/C16H20N4/c1-13-12-15(14-6-8-17-9-7-14)18-16(19(13)2)20-10-4-3-5-11-20/h6-9,12H,1,3-5,10-11H2,2H3. The molecule has 1 fully saturated rings. The van der Waals surface area contributed by atoms with Crippen LogP contribution in [0.5, 0.6) is 0 Å². The molecule has 2 aliphatic heterocycles. The monoisotopic (exact) mass is 268 g/mol. The van der Waals surface area contributed by atoms with Crippen molar-refractivity contribution in [2.24, 2.45) is 4.99 Å². The highest BCUT2D eigenvalue weighted by Gasteiger charge is 2.23. The Morgan fingerprint density at radius 1 is 1.10 bits per heavy atom. The van der Waals surface area contributed by atoms with Crippen LogP contribution < -0.4 is 0 Å². The number of aromatic nitrogens is 1. The lowest BCUT2D eigenvalue weighted by Crippen LogP contribution is -2.45. The van der Waals surface area contributed by atoms with E-state index in [0.717, 1.165) is 36.0 Å². The third-order valence-corrected chi connectivity index (χ3v) is 3.87. The maximum Gasteiger partial charge on any atom is 0.206 e. The first kappa shape index (κ1) is 12.9. The summed E-state index contributed by atoms with van der Waals surface area (Å²) < 4.78 is 0. The molecule has 1 saturated heterocycles. The van der Waals surface area contributed by atoms with Gasteiger partial charge in [0.15, 0.2) is 0 Å². The number of allylic oxidation sites excluding steroid dienone is 1. The fourth-order valence-electron chi connectivity index (χ4n) is 2.65. The summed E-state index contributed by atoms with van der Waals surface area (Å²) in [5, 5.41) is 0. The van der Waals surface area contributed by atoms with Gasteiger partial charge in [-0.2, -0.15) is 0 Å². The summed E-state index contributed by atoms with van der Waals surface area (Å²) in [5.41, 5.74) is 3.03. The van der Waals surface area contributed by atoms with E-state index in [1.807, 2.05) is 25.3 Å². The van der Waals surface area contributed by atoms with E-state index in [1.54, 1.807) is 12.4 Å². The van der Waals surface area contributed by atoms with Crippen molar-refractivity contribution in [1.82, 2.24) is 14.8 Å². The molecule has 0 spiro atoms. The molecular formula is C16H20N4. The molecule has 0 saturated carbocycles. The van der Waals surface area contributed by atoms with Crippen molar-refractivity contribution in [3.05, 3.63) is 48.4 Å². The van der Waals surface area contributed by atoms with Gasteiger partial charge in [0.05, 0.1) is 5.70 Å². The maximum atomic E-state index is 4.85. The fraction of sp³-hybridized carbons (Fsp3) is 0.375. The molecule has 1 aromatic heterocycles. The van der Waals surface area contributed by atoms with Crippen LogP contribution in [0.4, 0.5) is 0 Å². The highest BCUT2D eigenvalue weighted by atomic mass is 15.4. The molecule has 1 aromatic rings. The van der Waals surface area contributed by atoms with E-state index in [-0.39, 0.29) is 0 Å². The maximum absolute atomic E-state index is 4.85. The van der Waals surface area contributed by atoms with Gasteiger partial charge in [0, 0.05) is 43.8 Å². The molecule has 0 aromatic carbocycles. The van der Waals surface area contributed by atoms with Gasteiger partial charge in [-0.1, -0.05) is 6.58 Å². The average molecular weight is 268 g/mol. The van der Waals surface area contributed by atoms with E-state index in [0.29, 0.717) is 0 Å². The van der Waals surface area contributed by atoms with Crippen LogP contribution in [0.1, 0.15) is 24.8 Å². The van der Waals surface area contributed by atoms with Gasteiger partial charge >= 0.3 is 0 Å². The van der Waals surface area contributed by atoms with Gasteiger partial charge in [-0.15, -0.1) is 0 Å². The number of guanidine groups is 1. The molecule has 3 rings (SSSR count). The predicted octanol–water partition coefficient (Wildman–Crippen LogP) is 2.72. The van der Waals surface area contributed by atoms with Crippen LogP contribution in [-0.2, 0) is 0 Å². The van der Waals surface area contributed by atoms with E-state index < -0.39 is 0 Å². The minimum absolute atomic E-state index is 0.969. The van der Waals surface area contributed by atoms with Gasteiger partial charge in [-0.25, -0.2) is 4.99 Å². The number of likely N-dealkylation sites (tertiary alicyclic amines) is 1. The normalized spacial score (nSPS) is 19.8. The first-order chi connectivity index (χ1) is 9.75. The summed E-state index contributed by atoms with van der Waals surface area (Å²) in [6.45, 7) is 6.31. The second-order valence-corrected chi connectivity index (χ2v) is 5.28. The minimum Gasteiger partial charge on any atom is -0.342 e. The first-order valence-electron chi connectivity index (χ1n) is 7.14. The molecule has 0 aliphatic carbocycles. The Labute approximate surface area is 120 Å². The molecule has 4 heteroatoms. The number of hydrogen-bond donors (Lipinski definition) is 0. The Morgan fingerprint density at radius 3 is 2.50 bits per heavy atom. The number of rotatable bonds is 1. The Balaban J connectivity index is 1.93. The molecule has 0 atom stereocenters. The zero-order valence-electron chi connectivity index (χ0n) is 11.9. The largest absolute Gasteiger partial charge is 0.342 e. The van der Waals surface area contributed by atoms with E-state index in [1.165, 1.54) is 19.3 Å². The van der Waals surface area contributed by atoms with Gasteiger partial charge < -0.3 is 9.80 Å². The number of piperidine rings is 1. The van der Waals surface area contributed by atoms with Crippen LogP contribution in [-0.4, -0.2) is 40.9 Å². The molecule has 3 heterocycles. The number of hydrogen-bond acceptors (Lipinski definition) is 4. The number of nitrogens with zero attached hydrogens (tertiary/aromatic N) is 4. The highest BCUT2D eigenvalue weighted by molar-refractivity contribution is 5.91. The summed E-state index contributed by atoms with van der Waals surface area (Å²) in [5.74, 6) is 1.02. The van der Waals surface area contributed by atoms with Crippen molar-refractivity contribution in [3.63, 3.8) is 0 Å². The summed E-state index contributed by atoms with van der Waals surface area (Å²) >= 11 is 0. The van der Waals surface area contributed by atoms with E-state index >= 15 is 0 Å². The Morgan fingerprint density at radius 2 is 1.80 bits per heavy atom. The van der Waals surface area contributed by atoms with Gasteiger partial charge in [0.1, 0.15) is 0 Å². The van der Waals surface area contributed by atoms with Gasteiger partial charge in [0.25, 0.3) is 0 Å². The van der Waals surface area contributed by atoms with Crippen LogP contribution in [0.3, 0.4) is 0 Å². The Hall–Kier alpha value is -2.10. The molecule has 0 bridgehead atoms. The lowest BCUT2D eigenvalue weighted by Gasteiger charge is -2.36. The van der Waals surface area contributed by atoms with Crippen molar-refractivity contribution < 1.29 is 0 Å². The van der Waals surface area contributed by atoms with Crippen molar-refractivity contribution in [1.29, 1.82) is 0 Å². The van der Waals surface area contributed by atoms with Gasteiger partial charge in [-0.05, 0) is 37.5 Å². The second-order valence-electron chi connectivity index (χ2n) is 5.28. The molecule has 0 unspecified atom stereocenters. The lowest BCUT2D eigenvalue weighted by atomic mass is 10.1. The van der Waals surface area contributed by atoms with E-state index in [9.17, 15) is 0 Å². The smallest absolute Gasteiger partial charge is 0.206 e. The van der Waals surface area contributed by atoms with E-state index in [2.05, 4.69) is 21.4 Å². The Kier molecular flexibility index (Phi) is 3.54. The highest BCUT2D eigenvalue weighted by Crippen LogP contribution is 2.25. The van der Waals surface area contributed by atoms with Crippen molar-refractivity contribution in [3.8, 4) is 0 Å². The quantitative estimate of drug-likeness (QED) is 0.785. The molecule has 104 valence electrons. The molecule has 0 amide bonds. The SMILES string of the molecule is C=C1C=C(c2ccncc2)N=C(N2CCCCC2)N1C. The lowest BCUT2D eigenvalue weighted by molar-refractivity contribution is 0.311.